The standard InChI is InChI=1S/C16H36O6Si/c1-3-5-7-17-9-11-19-13-15-21-23-22-16-14-20-12-10-18-8-6-4-2/h3-16,23H2,1-2H3. The van der Waals surface area contributed by atoms with Crippen molar-refractivity contribution < 1.29 is 27.8 Å². The summed E-state index contributed by atoms with van der Waals surface area (Å²) in [5.41, 5.74) is 0. The summed E-state index contributed by atoms with van der Waals surface area (Å²) in [6.07, 6.45) is 4.55. The van der Waals surface area contributed by atoms with Crippen molar-refractivity contribution in [1.29, 1.82) is 0 Å². The largest absolute Gasteiger partial charge is 0.396 e. The van der Waals surface area contributed by atoms with E-state index in [1.54, 1.807) is 0 Å². The maximum absolute atomic E-state index is 5.42. The summed E-state index contributed by atoms with van der Waals surface area (Å²) in [5, 5.41) is 0. The minimum absolute atomic E-state index is 0.591. The van der Waals surface area contributed by atoms with Gasteiger partial charge < -0.3 is 27.8 Å². The molecule has 23 heavy (non-hydrogen) atoms. The van der Waals surface area contributed by atoms with E-state index in [0.29, 0.717) is 52.9 Å². The van der Waals surface area contributed by atoms with Gasteiger partial charge >= 0.3 is 10.0 Å². The first-order valence-corrected chi connectivity index (χ1v) is 10.0. The van der Waals surface area contributed by atoms with Crippen molar-refractivity contribution in [3.05, 3.63) is 0 Å². The Bertz CT molecular complexity index is 189. The van der Waals surface area contributed by atoms with Crippen LogP contribution in [0.5, 0.6) is 0 Å². The van der Waals surface area contributed by atoms with Gasteiger partial charge in [0.2, 0.25) is 0 Å². The van der Waals surface area contributed by atoms with Gasteiger partial charge in [0, 0.05) is 13.2 Å². The fourth-order valence-corrected chi connectivity index (χ4v) is 2.14. The zero-order valence-corrected chi connectivity index (χ0v) is 16.5. The molecule has 0 fully saturated rings. The van der Waals surface area contributed by atoms with E-state index in [4.69, 9.17) is 27.8 Å². The molecule has 0 rings (SSSR count). The highest BCUT2D eigenvalue weighted by atomic mass is 28.3. The molecular formula is C16H36O6Si. The van der Waals surface area contributed by atoms with E-state index in [1.807, 2.05) is 0 Å². The Morgan fingerprint density at radius 1 is 0.478 bits per heavy atom. The molecule has 0 radical (unpaired) electrons. The molecule has 7 heteroatoms. The summed E-state index contributed by atoms with van der Waals surface area (Å²) >= 11 is 0. The van der Waals surface area contributed by atoms with Crippen LogP contribution in [0.1, 0.15) is 39.5 Å². The molecule has 0 aliphatic heterocycles. The van der Waals surface area contributed by atoms with Gasteiger partial charge in [0.15, 0.2) is 0 Å². The first-order valence-electron chi connectivity index (χ1n) is 8.88. The molecule has 0 aromatic rings. The number of hydrogen-bond donors (Lipinski definition) is 0. The summed E-state index contributed by atoms with van der Waals surface area (Å²) in [5.74, 6) is 0. The molecule has 0 aliphatic carbocycles. The number of hydrogen-bond acceptors (Lipinski definition) is 6. The predicted octanol–water partition coefficient (Wildman–Crippen LogP) is 1.68. The second-order valence-electron chi connectivity index (χ2n) is 5.09. The van der Waals surface area contributed by atoms with Crippen LogP contribution < -0.4 is 0 Å². The van der Waals surface area contributed by atoms with Gasteiger partial charge in [-0.05, 0) is 12.8 Å². The zero-order valence-electron chi connectivity index (χ0n) is 15.1. The van der Waals surface area contributed by atoms with Crippen LogP contribution in [0, 0.1) is 0 Å². The maximum atomic E-state index is 5.42. The Balaban J connectivity index is 2.92. The normalized spacial score (nSPS) is 11.2. The van der Waals surface area contributed by atoms with E-state index in [2.05, 4.69) is 13.8 Å². The van der Waals surface area contributed by atoms with Crippen molar-refractivity contribution in [3.63, 3.8) is 0 Å². The predicted molar refractivity (Wildman–Crippen MR) is 93.5 cm³/mol. The molecular weight excluding hydrogens is 316 g/mol. The van der Waals surface area contributed by atoms with Crippen molar-refractivity contribution in [1.82, 2.24) is 0 Å². The molecule has 0 saturated heterocycles. The Labute approximate surface area is 144 Å². The molecule has 0 N–H and O–H groups in total. The van der Waals surface area contributed by atoms with Crippen LogP contribution in [0.25, 0.3) is 0 Å². The van der Waals surface area contributed by atoms with Crippen LogP contribution >= 0.6 is 0 Å². The van der Waals surface area contributed by atoms with Gasteiger partial charge in [-0.3, -0.25) is 0 Å². The lowest BCUT2D eigenvalue weighted by atomic mass is 10.4. The molecule has 0 spiro atoms. The van der Waals surface area contributed by atoms with Crippen LogP contribution in [0.15, 0.2) is 0 Å². The van der Waals surface area contributed by atoms with Gasteiger partial charge in [0.25, 0.3) is 0 Å². The third kappa shape index (κ3) is 22.0. The zero-order chi connectivity index (χ0) is 16.8. The Hall–Kier alpha value is -0.0231. The third-order valence-electron chi connectivity index (χ3n) is 2.94. The summed E-state index contributed by atoms with van der Waals surface area (Å²) in [7, 11) is -0.913. The maximum Gasteiger partial charge on any atom is 0.304 e. The summed E-state index contributed by atoms with van der Waals surface area (Å²) in [6, 6.07) is 0. The quantitative estimate of drug-likeness (QED) is 0.245. The first kappa shape index (κ1) is 23.0. The lowest BCUT2D eigenvalue weighted by molar-refractivity contribution is 0.0259. The third-order valence-corrected chi connectivity index (χ3v) is 3.85. The van der Waals surface area contributed by atoms with E-state index in [9.17, 15) is 0 Å². The molecule has 6 nitrogen and oxygen atoms in total. The SMILES string of the molecule is CCCCOCCOCCO[SiH2]OCCOCCOCCCC. The van der Waals surface area contributed by atoms with E-state index in [-0.39, 0.29) is 0 Å². The minimum atomic E-state index is -0.913. The molecule has 0 atom stereocenters. The van der Waals surface area contributed by atoms with Crippen LogP contribution in [-0.4, -0.2) is 76.1 Å². The molecule has 0 heterocycles. The van der Waals surface area contributed by atoms with Crippen LogP contribution in [0.4, 0.5) is 0 Å². The molecule has 0 amide bonds. The minimum Gasteiger partial charge on any atom is -0.396 e. The number of rotatable bonds is 20. The topological polar surface area (TPSA) is 55.4 Å². The Kier molecular flexibility index (Phi) is 22.0. The van der Waals surface area contributed by atoms with Crippen molar-refractivity contribution in [2.75, 3.05) is 66.1 Å². The average Bonchev–Trinajstić information content (AvgIpc) is 2.57. The molecule has 0 bridgehead atoms. The van der Waals surface area contributed by atoms with Crippen molar-refractivity contribution in [2.45, 2.75) is 39.5 Å². The van der Waals surface area contributed by atoms with Gasteiger partial charge in [0.05, 0.1) is 52.9 Å². The highest BCUT2D eigenvalue weighted by molar-refractivity contribution is 6.17. The highest BCUT2D eigenvalue weighted by Gasteiger charge is 1.94. The van der Waals surface area contributed by atoms with Gasteiger partial charge in [-0.2, -0.15) is 0 Å². The number of ether oxygens (including phenoxy) is 4. The van der Waals surface area contributed by atoms with Crippen molar-refractivity contribution in [3.8, 4) is 0 Å². The van der Waals surface area contributed by atoms with Gasteiger partial charge in [0.1, 0.15) is 0 Å². The molecule has 0 aromatic heterocycles. The lowest BCUT2D eigenvalue weighted by Gasteiger charge is -2.08. The molecule has 0 aliphatic rings. The van der Waals surface area contributed by atoms with Crippen LogP contribution in [-0.2, 0) is 27.8 Å². The van der Waals surface area contributed by atoms with Gasteiger partial charge in [-0.25, -0.2) is 0 Å². The molecule has 0 saturated carbocycles. The first-order chi connectivity index (χ1) is 11.4. The van der Waals surface area contributed by atoms with Gasteiger partial charge in [-0.1, -0.05) is 26.7 Å². The fourth-order valence-electron chi connectivity index (χ4n) is 1.55. The number of unbranched alkanes of at least 4 members (excludes halogenated alkanes) is 2. The van der Waals surface area contributed by atoms with Gasteiger partial charge in [-0.15, -0.1) is 0 Å². The smallest absolute Gasteiger partial charge is 0.304 e. The van der Waals surface area contributed by atoms with Crippen molar-refractivity contribution >= 4 is 10.0 Å². The Morgan fingerprint density at radius 3 is 1.22 bits per heavy atom. The summed E-state index contributed by atoms with van der Waals surface area (Å²) in [4.78, 5) is 0. The molecule has 140 valence electrons. The summed E-state index contributed by atoms with van der Waals surface area (Å²) in [6.45, 7) is 10.9. The monoisotopic (exact) mass is 352 g/mol. The van der Waals surface area contributed by atoms with E-state index >= 15 is 0 Å². The van der Waals surface area contributed by atoms with Crippen LogP contribution in [0.3, 0.4) is 0 Å². The Morgan fingerprint density at radius 2 is 0.826 bits per heavy atom. The van der Waals surface area contributed by atoms with E-state index < -0.39 is 10.0 Å². The highest BCUT2D eigenvalue weighted by Crippen LogP contribution is 1.89. The molecule has 0 unspecified atom stereocenters. The lowest BCUT2D eigenvalue weighted by Crippen LogP contribution is -2.15. The summed E-state index contributed by atoms with van der Waals surface area (Å²) < 4.78 is 32.4. The van der Waals surface area contributed by atoms with E-state index in [1.165, 1.54) is 0 Å². The average molecular weight is 353 g/mol. The second kappa shape index (κ2) is 22.0. The molecule has 0 aromatic carbocycles. The van der Waals surface area contributed by atoms with E-state index in [0.717, 1.165) is 38.9 Å². The van der Waals surface area contributed by atoms with Crippen molar-refractivity contribution in [2.24, 2.45) is 0 Å². The van der Waals surface area contributed by atoms with Crippen LogP contribution in [0.2, 0.25) is 0 Å². The fraction of sp³-hybridized carbons (Fsp3) is 1.00. The second-order valence-corrected chi connectivity index (χ2v) is 6.14.